The maximum Gasteiger partial charge on any atom is 0.410 e. The van der Waals surface area contributed by atoms with E-state index in [1.54, 1.807) is 20.3 Å². The molecule has 2 atom stereocenters. The molecule has 0 N–H and O–H groups in total. The van der Waals surface area contributed by atoms with Crippen molar-refractivity contribution in [3.63, 3.8) is 0 Å². The Bertz CT molecular complexity index is 908. The molecule has 6 nitrogen and oxygen atoms in total. The number of hydrogen-bond donors (Lipinski definition) is 0. The molecule has 32 heavy (non-hydrogen) atoms. The smallest absolute Gasteiger partial charge is 0.410 e. The van der Waals surface area contributed by atoms with Gasteiger partial charge in [-0.25, -0.2) is 4.79 Å². The summed E-state index contributed by atoms with van der Waals surface area (Å²) < 4.78 is 16.3. The van der Waals surface area contributed by atoms with Crippen LogP contribution in [0, 0.1) is 5.92 Å². The molecule has 2 aliphatic rings. The van der Waals surface area contributed by atoms with Crippen LogP contribution < -0.4 is 9.47 Å². The van der Waals surface area contributed by atoms with Gasteiger partial charge in [-0.3, -0.25) is 4.79 Å². The van der Waals surface area contributed by atoms with Gasteiger partial charge in [-0.2, -0.15) is 0 Å². The van der Waals surface area contributed by atoms with Crippen LogP contribution in [0.1, 0.15) is 43.2 Å². The van der Waals surface area contributed by atoms with Crippen LogP contribution in [-0.2, 0) is 22.6 Å². The van der Waals surface area contributed by atoms with Gasteiger partial charge in [0.2, 0.25) is 0 Å². The highest BCUT2D eigenvalue weighted by molar-refractivity contribution is 5.84. The minimum atomic E-state index is -0.257. The van der Waals surface area contributed by atoms with Crippen LogP contribution in [0.4, 0.5) is 4.79 Å². The van der Waals surface area contributed by atoms with Crippen molar-refractivity contribution in [3.8, 4) is 11.5 Å². The van der Waals surface area contributed by atoms with E-state index in [0.29, 0.717) is 30.8 Å². The monoisotopic (exact) mass is 437 g/mol. The molecule has 0 aromatic heterocycles. The zero-order valence-corrected chi connectivity index (χ0v) is 18.8. The molecule has 2 aromatic carbocycles. The van der Waals surface area contributed by atoms with Crippen molar-refractivity contribution in [2.24, 2.45) is 5.92 Å². The summed E-state index contributed by atoms with van der Waals surface area (Å²) in [5.74, 6) is 1.54. The number of ketones is 1. The Morgan fingerprint density at radius 3 is 2.12 bits per heavy atom. The SMILES string of the molecule is COc1cc(CC(=O)C2CC3CCCC(C2)N3C(=O)OCc2ccccc2)cc(OC)c1. The summed E-state index contributed by atoms with van der Waals surface area (Å²) in [6.07, 6.45) is 4.43. The van der Waals surface area contributed by atoms with E-state index >= 15 is 0 Å². The molecule has 2 heterocycles. The van der Waals surface area contributed by atoms with Crippen molar-refractivity contribution < 1.29 is 23.8 Å². The van der Waals surface area contributed by atoms with Crippen LogP contribution in [0.25, 0.3) is 0 Å². The van der Waals surface area contributed by atoms with E-state index in [4.69, 9.17) is 14.2 Å². The lowest BCUT2D eigenvalue weighted by molar-refractivity contribution is -0.126. The van der Waals surface area contributed by atoms with E-state index in [1.165, 1.54) is 0 Å². The van der Waals surface area contributed by atoms with Crippen molar-refractivity contribution in [3.05, 3.63) is 59.7 Å². The Morgan fingerprint density at radius 1 is 0.906 bits per heavy atom. The predicted octanol–water partition coefficient (Wildman–Crippen LogP) is 4.79. The van der Waals surface area contributed by atoms with Crippen molar-refractivity contribution in [2.45, 2.75) is 57.2 Å². The highest BCUT2D eigenvalue weighted by Crippen LogP contribution is 2.38. The first-order valence-corrected chi connectivity index (χ1v) is 11.3. The molecule has 2 bridgehead atoms. The quantitative estimate of drug-likeness (QED) is 0.623. The average Bonchev–Trinajstić information content (AvgIpc) is 2.82. The molecule has 2 fully saturated rings. The van der Waals surface area contributed by atoms with Crippen LogP contribution in [0.5, 0.6) is 11.5 Å². The summed E-state index contributed by atoms with van der Waals surface area (Å²) in [6.45, 7) is 0.273. The molecule has 2 aromatic rings. The lowest BCUT2D eigenvalue weighted by Crippen LogP contribution is -2.55. The number of nitrogens with zero attached hydrogens (tertiary/aromatic N) is 1. The number of benzene rings is 2. The van der Waals surface area contributed by atoms with Gasteiger partial charge in [-0.15, -0.1) is 0 Å². The molecule has 0 radical (unpaired) electrons. The van der Waals surface area contributed by atoms with Crippen molar-refractivity contribution >= 4 is 11.9 Å². The van der Waals surface area contributed by atoms with Crippen molar-refractivity contribution in [2.75, 3.05) is 14.2 Å². The molecule has 2 unspecified atom stereocenters. The second-order valence-corrected chi connectivity index (χ2v) is 8.72. The molecule has 170 valence electrons. The van der Waals surface area contributed by atoms with Gasteiger partial charge in [0.15, 0.2) is 0 Å². The fourth-order valence-electron chi connectivity index (χ4n) is 5.05. The van der Waals surface area contributed by atoms with Gasteiger partial charge < -0.3 is 19.1 Å². The fourth-order valence-corrected chi connectivity index (χ4v) is 5.05. The molecular formula is C26H31NO5. The third-order valence-electron chi connectivity index (χ3n) is 6.64. The number of fused-ring (bicyclic) bond motifs is 2. The number of carbonyl (C=O) groups is 2. The van der Waals surface area contributed by atoms with Gasteiger partial charge in [0, 0.05) is 30.5 Å². The molecule has 6 heteroatoms. The van der Waals surface area contributed by atoms with Crippen LogP contribution in [-0.4, -0.2) is 43.1 Å². The second-order valence-electron chi connectivity index (χ2n) is 8.72. The van der Waals surface area contributed by atoms with Gasteiger partial charge in [0.1, 0.15) is 23.9 Å². The van der Waals surface area contributed by atoms with Gasteiger partial charge in [0.05, 0.1) is 14.2 Å². The summed E-state index contributed by atoms with van der Waals surface area (Å²) in [5.41, 5.74) is 1.87. The standard InChI is InChI=1S/C26H31NO5/c1-30-23-11-19(12-24(16-23)31-2)13-25(28)20-14-21-9-6-10-22(15-20)27(21)26(29)32-17-18-7-4-3-5-8-18/h3-5,7-8,11-12,16,20-22H,6,9-10,13-15,17H2,1-2H3. The first-order chi connectivity index (χ1) is 15.6. The molecule has 2 saturated heterocycles. The summed E-state index contributed by atoms with van der Waals surface area (Å²) in [7, 11) is 3.21. The highest BCUT2D eigenvalue weighted by atomic mass is 16.6. The van der Waals surface area contributed by atoms with E-state index in [1.807, 2.05) is 47.4 Å². The maximum atomic E-state index is 13.2. The summed E-state index contributed by atoms with van der Waals surface area (Å²) in [4.78, 5) is 28.0. The topological polar surface area (TPSA) is 65.1 Å². The minimum absolute atomic E-state index is 0.0410. The van der Waals surface area contributed by atoms with Crippen molar-refractivity contribution in [1.82, 2.24) is 4.90 Å². The van der Waals surface area contributed by atoms with Gasteiger partial charge >= 0.3 is 6.09 Å². The normalized spacial score (nSPS) is 22.2. The Labute approximate surface area is 189 Å². The molecule has 0 spiro atoms. The number of piperidine rings is 2. The number of amides is 1. The Hall–Kier alpha value is -3.02. The Kier molecular flexibility index (Phi) is 6.98. The number of carbonyl (C=O) groups excluding carboxylic acids is 2. The van der Waals surface area contributed by atoms with Gasteiger partial charge in [-0.1, -0.05) is 30.3 Å². The molecule has 0 aliphatic carbocycles. The fraction of sp³-hybridized carbons (Fsp3) is 0.462. The Morgan fingerprint density at radius 2 is 1.53 bits per heavy atom. The van der Waals surface area contributed by atoms with Gasteiger partial charge in [-0.05, 0) is 55.4 Å². The second kappa shape index (κ2) is 10.1. The molecule has 1 amide bonds. The molecule has 4 rings (SSSR count). The zero-order chi connectivity index (χ0) is 22.5. The van der Waals surface area contributed by atoms with E-state index in [9.17, 15) is 9.59 Å². The minimum Gasteiger partial charge on any atom is -0.497 e. The zero-order valence-electron chi connectivity index (χ0n) is 18.8. The highest BCUT2D eigenvalue weighted by Gasteiger charge is 2.43. The average molecular weight is 438 g/mol. The molecule has 0 saturated carbocycles. The largest absolute Gasteiger partial charge is 0.497 e. The number of hydrogen-bond acceptors (Lipinski definition) is 5. The van der Waals surface area contributed by atoms with E-state index in [0.717, 1.165) is 30.4 Å². The predicted molar refractivity (Wildman–Crippen MR) is 121 cm³/mol. The van der Waals surface area contributed by atoms with Crippen LogP contribution in [0.2, 0.25) is 0 Å². The number of Topliss-reactive ketones (excluding diaryl/α,β-unsaturated/α-hetero) is 1. The summed E-state index contributed by atoms with van der Waals surface area (Å²) in [5, 5.41) is 0. The van der Waals surface area contributed by atoms with E-state index in [-0.39, 0.29) is 36.5 Å². The maximum absolute atomic E-state index is 13.2. The number of methoxy groups -OCH3 is 2. The Balaban J connectivity index is 1.39. The van der Waals surface area contributed by atoms with E-state index < -0.39 is 0 Å². The summed E-state index contributed by atoms with van der Waals surface area (Å²) >= 11 is 0. The molecular weight excluding hydrogens is 406 g/mol. The third kappa shape index (κ3) is 5.06. The lowest BCUT2D eigenvalue weighted by atomic mass is 9.76. The third-order valence-corrected chi connectivity index (χ3v) is 6.64. The first kappa shape index (κ1) is 22.2. The van der Waals surface area contributed by atoms with Crippen LogP contribution >= 0.6 is 0 Å². The first-order valence-electron chi connectivity index (χ1n) is 11.3. The number of rotatable bonds is 7. The van der Waals surface area contributed by atoms with Crippen LogP contribution in [0.3, 0.4) is 0 Å². The summed E-state index contributed by atoms with van der Waals surface area (Å²) in [6, 6.07) is 15.4. The number of ether oxygens (including phenoxy) is 3. The van der Waals surface area contributed by atoms with Crippen LogP contribution in [0.15, 0.2) is 48.5 Å². The van der Waals surface area contributed by atoms with Crippen molar-refractivity contribution in [1.29, 1.82) is 0 Å². The van der Waals surface area contributed by atoms with Gasteiger partial charge in [0.25, 0.3) is 0 Å². The van der Waals surface area contributed by atoms with E-state index in [2.05, 4.69) is 0 Å². The molecule has 2 aliphatic heterocycles. The lowest BCUT2D eigenvalue weighted by Gasteiger charge is -2.47.